The van der Waals surface area contributed by atoms with Crippen molar-refractivity contribution in [3.63, 3.8) is 0 Å². The Morgan fingerprint density at radius 1 is 1.38 bits per heavy atom. The maximum Gasteiger partial charge on any atom is 0.138 e. The van der Waals surface area contributed by atoms with Gasteiger partial charge in [-0.15, -0.1) is 0 Å². The standard InChI is InChI=1S/C15H17N5O/c1-2-15-14(6-13(1)20-10-16-9-19-20)11(7-18-15)5-12-8-21-4-3-17-12/h1-2,6-7,9-10,12,17-18H,3-5,8H2/t12-/m0/s1. The molecule has 0 aliphatic carbocycles. The predicted octanol–water partition coefficient (Wildman–Crippen LogP) is 1.28. The molecule has 0 bridgehead atoms. The molecule has 6 heteroatoms. The van der Waals surface area contributed by atoms with Gasteiger partial charge >= 0.3 is 0 Å². The van der Waals surface area contributed by atoms with Gasteiger partial charge < -0.3 is 15.0 Å². The highest BCUT2D eigenvalue weighted by atomic mass is 16.5. The van der Waals surface area contributed by atoms with Crippen LogP contribution in [-0.2, 0) is 11.2 Å². The van der Waals surface area contributed by atoms with E-state index in [1.54, 1.807) is 17.3 Å². The number of benzene rings is 1. The Morgan fingerprint density at radius 2 is 2.38 bits per heavy atom. The molecule has 1 saturated heterocycles. The van der Waals surface area contributed by atoms with Gasteiger partial charge in [0, 0.05) is 29.7 Å². The van der Waals surface area contributed by atoms with E-state index in [0.717, 1.165) is 37.4 Å². The minimum Gasteiger partial charge on any atom is -0.379 e. The first-order chi connectivity index (χ1) is 10.4. The lowest BCUT2D eigenvalue weighted by molar-refractivity contribution is 0.0771. The number of ether oxygens (including phenoxy) is 1. The van der Waals surface area contributed by atoms with Crippen LogP contribution in [0, 0.1) is 0 Å². The monoisotopic (exact) mass is 283 g/mol. The number of fused-ring (bicyclic) bond motifs is 1. The summed E-state index contributed by atoms with van der Waals surface area (Å²) in [5, 5.41) is 8.92. The molecular weight excluding hydrogens is 266 g/mol. The zero-order valence-corrected chi connectivity index (χ0v) is 11.6. The van der Waals surface area contributed by atoms with Gasteiger partial charge in [-0.2, -0.15) is 5.10 Å². The molecule has 1 aliphatic heterocycles. The number of hydrogen-bond acceptors (Lipinski definition) is 4. The molecule has 3 aromatic rings. The van der Waals surface area contributed by atoms with Crippen LogP contribution in [0.5, 0.6) is 0 Å². The van der Waals surface area contributed by atoms with Gasteiger partial charge in [-0.05, 0) is 30.2 Å². The molecule has 0 unspecified atom stereocenters. The van der Waals surface area contributed by atoms with E-state index in [9.17, 15) is 0 Å². The van der Waals surface area contributed by atoms with Crippen molar-refractivity contribution in [3.8, 4) is 5.69 Å². The quantitative estimate of drug-likeness (QED) is 0.760. The van der Waals surface area contributed by atoms with Crippen LogP contribution in [-0.4, -0.2) is 45.5 Å². The first-order valence-electron chi connectivity index (χ1n) is 7.16. The zero-order chi connectivity index (χ0) is 14.1. The van der Waals surface area contributed by atoms with E-state index in [4.69, 9.17) is 4.74 Å². The van der Waals surface area contributed by atoms with Crippen LogP contribution in [0.25, 0.3) is 16.6 Å². The van der Waals surface area contributed by atoms with E-state index in [1.165, 1.54) is 10.9 Å². The van der Waals surface area contributed by atoms with Gasteiger partial charge in [0.15, 0.2) is 0 Å². The van der Waals surface area contributed by atoms with Crippen molar-refractivity contribution >= 4 is 10.9 Å². The number of rotatable bonds is 3. The van der Waals surface area contributed by atoms with E-state index in [-0.39, 0.29) is 0 Å². The van der Waals surface area contributed by atoms with Crippen LogP contribution in [0.3, 0.4) is 0 Å². The molecule has 1 aromatic carbocycles. The summed E-state index contributed by atoms with van der Waals surface area (Å²) in [5.74, 6) is 0. The van der Waals surface area contributed by atoms with Crippen molar-refractivity contribution in [2.45, 2.75) is 12.5 Å². The normalized spacial score (nSPS) is 19.1. The van der Waals surface area contributed by atoms with Gasteiger partial charge in [-0.1, -0.05) is 0 Å². The van der Waals surface area contributed by atoms with E-state index in [0.29, 0.717) is 6.04 Å². The molecule has 21 heavy (non-hydrogen) atoms. The fourth-order valence-corrected chi connectivity index (χ4v) is 2.84. The van der Waals surface area contributed by atoms with Gasteiger partial charge in [-0.25, -0.2) is 9.67 Å². The number of H-pyrrole nitrogens is 1. The van der Waals surface area contributed by atoms with Crippen LogP contribution in [0.2, 0.25) is 0 Å². The van der Waals surface area contributed by atoms with Crippen LogP contribution in [0.15, 0.2) is 37.1 Å². The summed E-state index contributed by atoms with van der Waals surface area (Å²) in [6.07, 6.45) is 6.31. The van der Waals surface area contributed by atoms with Crippen molar-refractivity contribution in [1.82, 2.24) is 25.1 Å². The minimum atomic E-state index is 0.382. The highest BCUT2D eigenvalue weighted by Gasteiger charge is 2.16. The summed E-state index contributed by atoms with van der Waals surface area (Å²) in [7, 11) is 0. The molecule has 2 aromatic heterocycles. The van der Waals surface area contributed by atoms with Crippen LogP contribution in [0.4, 0.5) is 0 Å². The molecule has 1 atom stereocenters. The average molecular weight is 283 g/mol. The number of hydrogen-bond donors (Lipinski definition) is 2. The molecule has 4 rings (SSSR count). The highest BCUT2D eigenvalue weighted by Crippen LogP contribution is 2.23. The first-order valence-corrected chi connectivity index (χ1v) is 7.16. The smallest absolute Gasteiger partial charge is 0.138 e. The van der Waals surface area contributed by atoms with E-state index in [2.05, 4.69) is 38.7 Å². The molecule has 1 aliphatic rings. The fraction of sp³-hybridized carbons (Fsp3) is 0.333. The second-order valence-electron chi connectivity index (χ2n) is 5.31. The molecule has 6 nitrogen and oxygen atoms in total. The van der Waals surface area contributed by atoms with E-state index in [1.807, 2.05) is 6.07 Å². The number of aromatic amines is 1. The summed E-state index contributed by atoms with van der Waals surface area (Å²) in [4.78, 5) is 7.34. The summed E-state index contributed by atoms with van der Waals surface area (Å²) >= 11 is 0. The maximum absolute atomic E-state index is 5.53. The minimum absolute atomic E-state index is 0.382. The maximum atomic E-state index is 5.53. The summed E-state index contributed by atoms with van der Waals surface area (Å²) in [6, 6.07) is 6.66. The van der Waals surface area contributed by atoms with Gasteiger partial charge in [0.05, 0.1) is 18.9 Å². The van der Waals surface area contributed by atoms with Crippen LogP contribution < -0.4 is 5.32 Å². The highest BCUT2D eigenvalue weighted by molar-refractivity contribution is 5.85. The fourth-order valence-electron chi connectivity index (χ4n) is 2.84. The Bertz CT molecular complexity index is 728. The first kappa shape index (κ1) is 12.6. The lowest BCUT2D eigenvalue weighted by atomic mass is 10.0. The van der Waals surface area contributed by atoms with Gasteiger partial charge in [0.25, 0.3) is 0 Å². The van der Waals surface area contributed by atoms with Crippen LogP contribution >= 0.6 is 0 Å². The lowest BCUT2D eigenvalue weighted by Gasteiger charge is -2.23. The molecule has 108 valence electrons. The van der Waals surface area contributed by atoms with Crippen molar-refractivity contribution in [3.05, 3.63) is 42.6 Å². The third-order valence-electron chi connectivity index (χ3n) is 3.90. The molecule has 1 fully saturated rings. The molecule has 3 heterocycles. The topological polar surface area (TPSA) is 67.8 Å². The summed E-state index contributed by atoms with van der Waals surface area (Å²) in [6.45, 7) is 2.51. The Hall–Kier alpha value is -2.18. The molecule has 0 radical (unpaired) electrons. The van der Waals surface area contributed by atoms with Crippen LogP contribution in [0.1, 0.15) is 5.56 Å². The second-order valence-corrected chi connectivity index (χ2v) is 5.31. The Morgan fingerprint density at radius 3 is 3.19 bits per heavy atom. The van der Waals surface area contributed by atoms with Gasteiger partial charge in [0.1, 0.15) is 12.7 Å². The van der Waals surface area contributed by atoms with Crippen molar-refractivity contribution in [1.29, 1.82) is 0 Å². The largest absolute Gasteiger partial charge is 0.379 e. The number of aromatic nitrogens is 4. The lowest BCUT2D eigenvalue weighted by Crippen LogP contribution is -2.42. The summed E-state index contributed by atoms with van der Waals surface area (Å²) < 4.78 is 7.31. The zero-order valence-electron chi connectivity index (χ0n) is 11.6. The van der Waals surface area contributed by atoms with Gasteiger partial charge in [0.2, 0.25) is 0 Å². The predicted molar refractivity (Wildman–Crippen MR) is 79.5 cm³/mol. The molecule has 0 saturated carbocycles. The molecular formula is C15H17N5O. The second kappa shape index (κ2) is 5.31. The number of nitrogens with one attached hydrogen (secondary N) is 2. The number of morpholine rings is 1. The Kier molecular flexibility index (Phi) is 3.17. The third kappa shape index (κ3) is 2.43. The Balaban J connectivity index is 1.67. The third-order valence-corrected chi connectivity index (χ3v) is 3.90. The summed E-state index contributed by atoms with van der Waals surface area (Å²) in [5.41, 5.74) is 3.47. The SMILES string of the molecule is c1ncn(-c2ccc3[nH]cc(C[C@H]4COCCN4)c3c2)n1. The molecule has 0 amide bonds. The number of nitrogens with zero attached hydrogens (tertiary/aromatic N) is 3. The van der Waals surface area contributed by atoms with E-state index < -0.39 is 0 Å². The van der Waals surface area contributed by atoms with Crippen molar-refractivity contribution in [2.24, 2.45) is 0 Å². The van der Waals surface area contributed by atoms with Crippen molar-refractivity contribution in [2.75, 3.05) is 19.8 Å². The average Bonchev–Trinajstić information content (AvgIpc) is 3.18. The molecule has 0 spiro atoms. The van der Waals surface area contributed by atoms with Gasteiger partial charge in [-0.3, -0.25) is 0 Å². The Labute approximate surface area is 122 Å². The van der Waals surface area contributed by atoms with E-state index >= 15 is 0 Å². The van der Waals surface area contributed by atoms with Crippen molar-refractivity contribution < 1.29 is 4.74 Å². The molecule has 2 N–H and O–H groups in total.